The van der Waals surface area contributed by atoms with E-state index in [-0.39, 0.29) is 42.0 Å². The van der Waals surface area contributed by atoms with Gasteiger partial charge in [-0.1, -0.05) is 24.3 Å². The van der Waals surface area contributed by atoms with E-state index in [1.807, 2.05) is 6.92 Å². The van der Waals surface area contributed by atoms with Crippen molar-refractivity contribution >= 4 is 35.9 Å². The lowest BCUT2D eigenvalue weighted by Gasteiger charge is -2.33. The molecule has 7 nitrogen and oxygen atoms in total. The lowest BCUT2D eigenvalue weighted by Crippen LogP contribution is -2.46. The van der Waals surface area contributed by atoms with Gasteiger partial charge in [-0.05, 0) is 43.7 Å². The van der Waals surface area contributed by atoms with Crippen LogP contribution in [0.15, 0.2) is 29.3 Å². The number of esters is 1. The number of aliphatic hydroxyl groups excluding tert-OH is 1. The molecule has 2 aliphatic heterocycles. The highest BCUT2D eigenvalue weighted by atomic mass is 127. The van der Waals surface area contributed by atoms with E-state index in [1.54, 1.807) is 7.05 Å². The zero-order valence-corrected chi connectivity index (χ0v) is 21.1. The number of likely N-dealkylation sites (tertiary alicyclic amines) is 2. The molecule has 0 spiro atoms. The molecule has 0 radical (unpaired) electrons. The summed E-state index contributed by atoms with van der Waals surface area (Å²) < 4.78 is 5.15. The second-order valence-corrected chi connectivity index (χ2v) is 8.24. The van der Waals surface area contributed by atoms with Crippen LogP contribution < -0.4 is 5.32 Å². The molecule has 0 atom stereocenters. The van der Waals surface area contributed by atoms with Gasteiger partial charge in [-0.15, -0.1) is 24.0 Å². The van der Waals surface area contributed by atoms with E-state index in [0.29, 0.717) is 6.61 Å². The molecule has 0 bridgehead atoms. The number of carbonyl (C=O) groups excluding carboxylic acids is 1. The SMILES string of the molecule is CCOC(=O)C1CCN(C(=NC)NCc2ccc(CN3CCC(O)CC3)cc2)CC1.I. The molecule has 0 saturated carbocycles. The van der Waals surface area contributed by atoms with Gasteiger partial charge in [0.15, 0.2) is 5.96 Å². The number of nitrogens with one attached hydrogen (secondary N) is 1. The van der Waals surface area contributed by atoms with Gasteiger partial charge in [0, 0.05) is 46.3 Å². The maximum atomic E-state index is 11.9. The van der Waals surface area contributed by atoms with Crippen molar-refractivity contribution in [3.63, 3.8) is 0 Å². The van der Waals surface area contributed by atoms with Crippen molar-refractivity contribution in [1.29, 1.82) is 0 Å². The summed E-state index contributed by atoms with van der Waals surface area (Å²) in [5, 5.41) is 13.1. The zero-order chi connectivity index (χ0) is 21.3. The van der Waals surface area contributed by atoms with Crippen LogP contribution in [-0.2, 0) is 22.6 Å². The molecule has 2 aliphatic rings. The van der Waals surface area contributed by atoms with E-state index >= 15 is 0 Å². The van der Waals surface area contributed by atoms with Crippen LogP contribution in [0.25, 0.3) is 0 Å². The number of hydrogen-bond donors (Lipinski definition) is 2. The summed E-state index contributed by atoms with van der Waals surface area (Å²) in [6.45, 7) is 7.52. The van der Waals surface area contributed by atoms with Crippen molar-refractivity contribution in [2.24, 2.45) is 10.9 Å². The van der Waals surface area contributed by atoms with E-state index in [1.165, 1.54) is 11.1 Å². The molecule has 2 saturated heterocycles. The number of rotatable bonds is 6. The predicted molar refractivity (Wildman–Crippen MR) is 134 cm³/mol. The Labute approximate surface area is 203 Å². The lowest BCUT2D eigenvalue weighted by molar-refractivity contribution is -0.149. The normalized spacial score (nSPS) is 19.1. The van der Waals surface area contributed by atoms with Gasteiger partial charge in [0.25, 0.3) is 0 Å². The molecular formula is C23H37IN4O3. The molecule has 0 amide bonds. The summed E-state index contributed by atoms with van der Waals surface area (Å²) >= 11 is 0. The van der Waals surface area contributed by atoms with Gasteiger partial charge in [-0.2, -0.15) is 0 Å². The molecule has 3 rings (SSSR count). The first kappa shape index (κ1) is 25.9. The van der Waals surface area contributed by atoms with E-state index in [9.17, 15) is 9.90 Å². The highest BCUT2D eigenvalue weighted by Crippen LogP contribution is 2.19. The predicted octanol–water partition coefficient (Wildman–Crippen LogP) is 2.61. The maximum Gasteiger partial charge on any atom is 0.309 e. The fraction of sp³-hybridized carbons (Fsp3) is 0.652. The van der Waals surface area contributed by atoms with Gasteiger partial charge in [0.1, 0.15) is 0 Å². The Morgan fingerprint density at radius 3 is 2.29 bits per heavy atom. The first-order valence-electron chi connectivity index (χ1n) is 11.2. The van der Waals surface area contributed by atoms with Gasteiger partial charge in [0.05, 0.1) is 18.6 Å². The van der Waals surface area contributed by atoms with E-state index in [4.69, 9.17) is 4.74 Å². The monoisotopic (exact) mass is 544 g/mol. The molecule has 2 heterocycles. The Kier molecular flexibility index (Phi) is 11.0. The third kappa shape index (κ3) is 7.91. The number of guanidine groups is 1. The molecule has 31 heavy (non-hydrogen) atoms. The second kappa shape index (κ2) is 13.2. The zero-order valence-electron chi connectivity index (χ0n) is 18.8. The standard InChI is InChI=1S/C23H36N4O3.HI/c1-3-30-22(29)20-8-14-27(15-9-20)23(24-2)25-16-18-4-6-19(7-5-18)17-26-12-10-21(28)11-13-26;/h4-7,20-21,28H,3,8-17H2,1-2H3,(H,24,25);1H. The van der Waals surface area contributed by atoms with Crippen molar-refractivity contribution in [3.05, 3.63) is 35.4 Å². The highest BCUT2D eigenvalue weighted by Gasteiger charge is 2.27. The molecule has 1 aromatic carbocycles. The number of benzene rings is 1. The van der Waals surface area contributed by atoms with Gasteiger partial charge in [-0.25, -0.2) is 0 Å². The molecule has 174 valence electrons. The fourth-order valence-corrected chi connectivity index (χ4v) is 4.20. The number of nitrogens with zero attached hydrogens (tertiary/aromatic N) is 3. The Hall–Kier alpha value is -1.39. The lowest BCUT2D eigenvalue weighted by atomic mass is 9.97. The summed E-state index contributed by atoms with van der Waals surface area (Å²) in [5.41, 5.74) is 2.52. The molecule has 1 aromatic rings. The number of hydrogen-bond acceptors (Lipinski definition) is 5. The average Bonchev–Trinajstić information content (AvgIpc) is 2.77. The topological polar surface area (TPSA) is 77.4 Å². The van der Waals surface area contributed by atoms with Crippen LogP contribution in [-0.4, -0.2) is 72.8 Å². The van der Waals surface area contributed by atoms with Crippen molar-refractivity contribution < 1.29 is 14.6 Å². The fourth-order valence-electron chi connectivity index (χ4n) is 4.20. The number of piperidine rings is 2. The van der Waals surface area contributed by atoms with Crippen molar-refractivity contribution in [3.8, 4) is 0 Å². The number of halogens is 1. The van der Waals surface area contributed by atoms with Crippen LogP contribution in [0, 0.1) is 5.92 Å². The minimum absolute atomic E-state index is 0. The van der Waals surface area contributed by atoms with Crippen molar-refractivity contribution in [1.82, 2.24) is 15.1 Å². The number of ether oxygens (including phenoxy) is 1. The van der Waals surface area contributed by atoms with E-state index in [2.05, 4.69) is 44.4 Å². The van der Waals surface area contributed by atoms with Crippen LogP contribution in [0.1, 0.15) is 43.7 Å². The first-order valence-corrected chi connectivity index (χ1v) is 11.2. The number of aliphatic hydroxyl groups is 1. The summed E-state index contributed by atoms with van der Waals surface area (Å²) in [4.78, 5) is 21.0. The minimum Gasteiger partial charge on any atom is -0.466 e. The molecule has 8 heteroatoms. The van der Waals surface area contributed by atoms with Gasteiger partial charge >= 0.3 is 5.97 Å². The third-order valence-corrected chi connectivity index (χ3v) is 6.06. The van der Waals surface area contributed by atoms with Crippen LogP contribution >= 0.6 is 24.0 Å². The summed E-state index contributed by atoms with van der Waals surface area (Å²) in [6.07, 6.45) is 3.24. The quantitative estimate of drug-likeness (QED) is 0.248. The van der Waals surface area contributed by atoms with Crippen LogP contribution in [0.2, 0.25) is 0 Å². The third-order valence-electron chi connectivity index (χ3n) is 6.06. The molecule has 0 unspecified atom stereocenters. The van der Waals surface area contributed by atoms with E-state index < -0.39 is 0 Å². The van der Waals surface area contributed by atoms with Crippen LogP contribution in [0.3, 0.4) is 0 Å². The van der Waals surface area contributed by atoms with Crippen molar-refractivity contribution in [2.45, 2.75) is 51.8 Å². The summed E-state index contributed by atoms with van der Waals surface area (Å²) in [5.74, 6) is 0.823. The van der Waals surface area contributed by atoms with Crippen LogP contribution in [0.5, 0.6) is 0 Å². The summed E-state index contributed by atoms with van der Waals surface area (Å²) in [7, 11) is 1.80. The molecule has 2 fully saturated rings. The Bertz CT molecular complexity index is 697. The second-order valence-electron chi connectivity index (χ2n) is 8.24. The first-order chi connectivity index (χ1) is 14.6. The number of carbonyl (C=O) groups is 1. The van der Waals surface area contributed by atoms with Crippen molar-refractivity contribution in [2.75, 3.05) is 39.8 Å². The smallest absolute Gasteiger partial charge is 0.309 e. The maximum absolute atomic E-state index is 11.9. The Morgan fingerprint density at radius 2 is 1.71 bits per heavy atom. The molecule has 0 aromatic heterocycles. The van der Waals surface area contributed by atoms with Gasteiger partial charge < -0.3 is 20.1 Å². The molecule has 2 N–H and O–H groups in total. The number of aliphatic imine (C=N–C) groups is 1. The average molecular weight is 544 g/mol. The largest absolute Gasteiger partial charge is 0.466 e. The Balaban J connectivity index is 0.00000341. The van der Waals surface area contributed by atoms with Gasteiger partial charge in [-0.3, -0.25) is 14.7 Å². The molecular weight excluding hydrogens is 507 g/mol. The molecule has 0 aliphatic carbocycles. The summed E-state index contributed by atoms with van der Waals surface area (Å²) in [6, 6.07) is 8.72. The van der Waals surface area contributed by atoms with Gasteiger partial charge in [0.2, 0.25) is 0 Å². The minimum atomic E-state index is -0.125. The Morgan fingerprint density at radius 1 is 1.10 bits per heavy atom. The van der Waals surface area contributed by atoms with Crippen LogP contribution in [0.4, 0.5) is 0 Å². The highest BCUT2D eigenvalue weighted by molar-refractivity contribution is 14.0. The van der Waals surface area contributed by atoms with E-state index in [0.717, 1.165) is 70.9 Å².